The van der Waals surface area contributed by atoms with Gasteiger partial charge in [-0.05, 0) is 56.3 Å². The molecular formula is C14H20N2O3. The van der Waals surface area contributed by atoms with E-state index in [0.717, 1.165) is 23.7 Å². The largest absolute Gasteiger partial charge is 0.478 e. The predicted molar refractivity (Wildman–Crippen MR) is 67.7 cm³/mol. The lowest BCUT2D eigenvalue weighted by Crippen LogP contribution is -2.50. The lowest BCUT2D eigenvalue weighted by atomic mass is 9.49. The molecule has 19 heavy (non-hydrogen) atoms. The van der Waals surface area contributed by atoms with Crippen LogP contribution in [0.3, 0.4) is 0 Å². The molecule has 2 N–H and O–H groups in total. The van der Waals surface area contributed by atoms with Crippen molar-refractivity contribution < 1.29 is 14.7 Å². The molecule has 1 aliphatic heterocycles. The summed E-state index contributed by atoms with van der Waals surface area (Å²) in [7, 11) is 0. The highest BCUT2D eigenvalue weighted by atomic mass is 16.5. The molecule has 5 nitrogen and oxygen atoms in total. The van der Waals surface area contributed by atoms with Crippen LogP contribution in [0.25, 0.3) is 0 Å². The van der Waals surface area contributed by atoms with Crippen molar-refractivity contribution in [2.24, 2.45) is 28.2 Å². The molecule has 104 valence electrons. The molecule has 1 heterocycles. The molecule has 4 saturated carbocycles. The summed E-state index contributed by atoms with van der Waals surface area (Å²) in [5.74, 6) is 2.86. The maximum atomic E-state index is 11.4. The summed E-state index contributed by atoms with van der Waals surface area (Å²) in [6.07, 6.45) is 7.70. The Hall–Kier alpha value is -1.10. The summed E-state index contributed by atoms with van der Waals surface area (Å²) in [4.78, 5) is 15.9. The van der Waals surface area contributed by atoms with Gasteiger partial charge >= 0.3 is 0 Å². The number of hydrogen-bond acceptors (Lipinski definition) is 4. The molecule has 4 bridgehead atoms. The Morgan fingerprint density at radius 1 is 1.21 bits per heavy atom. The normalized spacial score (nSPS) is 46.9. The first-order chi connectivity index (χ1) is 9.18. The Balaban J connectivity index is 1.60. The number of ether oxygens (including phenoxy) is 1. The minimum absolute atomic E-state index is 0.110. The van der Waals surface area contributed by atoms with Gasteiger partial charge in [-0.15, -0.1) is 0 Å². The average Bonchev–Trinajstić information content (AvgIpc) is 2.86. The molecule has 0 aromatic heterocycles. The van der Waals surface area contributed by atoms with E-state index in [1.165, 1.54) is 38.5 Å². The van der Waals surface area contributed by atoms with E-state index in [0.29, 0.717) is 0 Å². The van der Waals surface area contributed by atoms with Crippen molar-refractivity contribution in [1.29, 1.82) is 0 Å². The Labute approximate surface area is 112 Å². The van der Waals surface area contributed by atoms with Crippen molar-refractivity contribution in [3.63, 3.8) is 0 Å². The molecular weight excluding hydrogens is 244 g/mol. The van der Waals surface area contributed by atoms with Crippen LogP contribution in [0.4, 0.5) is 0 Å². The molecule has 5 heteroatoms. The van der Waals surface area contributed by atoms with Gasteiger partial charge in [0.25, 0.3) is 5.91 Å². The Kier molecular flexibility index (Phi) is 2.43. The molecule has 0 aromatic carbocycles. The highest BCUT2D eigenvalue weighted by molar-refractivity contribution is 5.91. The molecule has 1 atom stereocenters. The van der Waals surface area contributed by atoms with Crippen molar-refractivity contribution in [3.05, 3.63) is 0 Å². The number of carbonyl (C=O) groups is 1. The van der Waals surface area contributed by atoms with Crippen molar-refractivity contribution in [2.75, 3.05) is 6.61 Å². The third kappa shape index (κ3) is 1.71. The number of carbonyl (C=O) groups excluding carboxylic acids is 1. The van der Waals surface area contributed by atoms with E-state index in [1.54, 1.807) is 5.48 Å². The highest BCUT2D eigenvalue weighted by Crippen LogP contribution is 2.61. The van der Waals surface area contributed by atoms with E-state index in [9.17, 15) is 4.79 Å². The van der Waals surface area contributed by atoms with Gasteiger partial charge in [-0.3, -0.25) is 10.0 Å². The Bertz CT molecular complexity index is 411. The highest BCUT2D eigenvalue weighted by Gasteiger charge is 2.55. The van der Waals surface area contributed by atoms with Gasteiger partial charge in [0.15, 0.2) is 11.9 Å². The van der Waals surface area contributed by atoms with Gasteiger partial charge in [0.2, 0.25) is 0 Å². The fraction of sp³-hybridized carbons (Fsp3) is 0.857. The standard InChI is InChI=1S/C14H20N2O3/c17-12(16-18)11-7-19-13(15-11)14-4-8-1-9(5-14)3-10(2-8)6-14/h8-11,18H,1-7H2,(H,16,17)/t8?,9?,10?,11-,14?/m1/s1. The third-order valence-electron chi connectivity index (χ3n) is 5.56. The van der Waals surface area contributed by atoms with Crippen LogP contribution in [0.5, 0.6) is 0 Å². The van der Waals surface area contributed by atoms with Gasteiger partial charge in [-0.1, -0.05) is 0 Å². The van der Waals surface area contributed by atoms with Crippen molar-refractivity contribution in [3.8, 4) is 0 Å². The van der Waals surface area contributed by atoms with E-state index >= 15 is 0 Å². The van der Waals surface area contributed by atoms with Crippen LogP contribution in [-0.4, -0.2) is 29.7 Å². The zero-order valence-corrected chi connectivity index (χ0v) is 11.0. The minimum Gasteiger partial charge on any atom is -0.478 e. The molecule has 0 aromatic rings. The summed E-state index contributed by atoms with van der Waals surface area (Å²) >= 11 is 0. The molecule has 0 saturated heterocycles. The topological polar surface area (TPSA) is 70.9 Å². The molecule has 4 aliphatic carbocycles. The quantitative estimate of drug-likeness (QED) is 0.586. The second-order valence-electron chi connectivity index (χ2n) is 6.93. The first-order valence-electron chi connectivity index (χ1n) is 7.33. The van der Waals surface area contributed by atoms with Crippen LogP contribution in [0, 0.1) is 23.2 Å². The van der Waals surface area contributed by atoms with Gasteiger partial charge in [-0.2, -0.15) is 0 Å². The van der Waals surface area contributed by atoms with E-state index in [1.807, 2.05) is 0 Å². The fourth-order valence-electron chi connectivity index (χ4n) is 5.25. The minimum atomic E-state index is -0.562. The predicted octanol–water partition coefficient (Wildman–Crippen LogP) is 1.51. The SMILES string of the molecule is O=C(NO)[C@H]1COC(C23CC4CC(CC(C4)C2)C3)=N1. The second-order valence-corrected chi connectivity index (χ2v) is 6.93. The van der Waals surface area contributed by atoms with Crippen molar-refractivity contribution in [1.82, 2.24) is 5.48 Å². The van der Waals surface area contributed by atoms with Crippen LogP contribution >= 0.6 is 0 Å². The molecule has 1 amide bonds. The summed E-state index contributed by atoms with van der Waals surface area (Å²) in [5, 5.41) is 8.69. The van der Waals surface area contributed by atoms with Gasteiger partial charge in [-0.25, -0.2) is 10.5 Å². The van der Waals surface area contributed by atoms with Crippen molar-refractivity contribution in [2.45, 2.75) is 44.6 Å². The number of hydrogen-bond donors (Lipinski definition) is 2. The van der Waals surface area contributed by atoms with Crippen LogP contribution < -0.4 is 5.48 Å². The summed E-state index contributed by atoms with van der Waals surface area (Å²) in [6.45, 7) is 0.281. The number of hydroxylamine groups is 1. The molecule has 0 radical (unpaired) electrons. The average molecular weight is 264 g/mol. The Morgan fingerprint density at radius 2 is 1.79 bits per heavy atom. The number of aliphatic imine (C=N–C) groups is 1. The lowest BCUT2D eigenvalue weighted by molar-refractivity contribution is -0.130. The smallest absolute Gasteiger partial charge is 0.271 e. The molecule has 4 fully saturated rings. The molecule has 0 unspecified atom stereocenters. The molecule has 0 spiro atoms. The maximum Gasteiger partial charge on any atom is 0.271 e. The lowest BCUT2D eigenvalue weighted by Gasteiger charge is -2.56. The molecule has 5 aliphatic rings. The second kappa shape index (κ2) is 3.95. The van der Waals surface area contributed by atoms with E-state index < -0.39 is 11.9 Å². The fourth-order valence-corrected chi connectivity index (χ4v) is 5.25. The Morgan fingerprint density at radius 3 is 2.32 bits per heavy atom. The number of amides is 1. The van der Waals surface area contributed by atoms with Crippen LogP contribution in [0.1, 0.15) is 38.5 Å². The summed E-state index contributed by atoms with van der Waals surface area (Å²) in [6, 6.07) is -0.562. The maximum absolute atomic E-state index is 11.4. The number of rotatable bonds is 2. The van der Waals surface area contributed by atoms with Crippen molar-refractivity contribution >= 4 is 11.8 Å². The first-order valence-corrected chi connectivity index (χ1v) is 7.33. The van der Waals surface area contributed by atoms with Crippen LogP contribution in [-0.2, 0) is 9.53 Å². The summed E-state index contributed by atoms with van der Waals surface area (Å²) in [5.41, 5.74) is 1.79. The van der Waals surface area contributed by atoms with Gasteiger partial charge in [0, 0.05) is 5.41 Å². The summed E-state index contributed by atoms with van der Waals surface area (Å²) < 4.78 is 5.75. The van der Waals surface area contributed by atoms with Crippen LogP contribution in [0.15, 0.2) is 4.99 Å². The van der Waals surface area contributed by atoms with Gasteiger partial charge in [0.1, 0.15) is 6.61 Å². The number of nitrogens with one attached hydrogen (secondary N) is 1. The van der Waals surface area contributed by atoms with E-state index in [-0.39, 0.29) is 12.0 Å². The van der Waals surface area contributed by atoms with E-state index in [2.05, 4.69) is 4.99 Å². The third-order valence-corrected chi connectivity index (χ3v) is 5.56. The van der Waals surface area contributed by atoms with Gasteiger partial charge in [0.05, 0.1) is 0 Å². The molecule has 5 rings (SSSR count). The van der Waals surface area contributed by atoms with Crippen LogP contribution in [0.2, 0.25) is 0 Å². The van der Waals surface area contributed by atoms with E-state index in [4.69, 9.17) is 9.94 Å². The zero-order chi connectivity index (χ0) is 13.0. The first kappa shape index (κ1) is 11.7. The zero-order valence-electron chi connectivity index (χ0n) is 11.0. The monoisotopic (exact) mass is 264 g/mol. The number of nitrogens with zero attached hydrogens (tertiary/aromatic N) is 1. The van der Waals surface area contributed by atoms with Gasteiger partial charge < -0.3 is 4.74 Å².